The maximum atomic E-state index is 6.51. The molecular weight excluding hydrogens is 218 g/mol. The molecule has 0 amide bonds. The largest absolute Gasteiger partial charge is 0.333 e. The van der Waals surface area contributed by atoms with Crippen LogP contribution in [0.1, 0.15) is 43.6 Å². The van der Waals surface area contributed by atoms with Gasteiger partial charge in [0.05, 0.1) is 17.0 Å². The monoisotopic (exact) mass is 237 g/mol. The van der Waals surface area contributed by atoms with E-state index in [-0.39, 0.29) is 5.54 Å². The minimum Gasteiger partial charge on any atom is -0.333 e. The first-order valence-electron chi connectivity index (χ1n) is 6.21. The molecule has 1 saturated carbocycles. The zero-order valence-electron chi connectivity index (χ0n) is 9.61. The van der Waals surface area contributed by atoms with Crippen molar-refractivity contribution in [2.24, 2.45) is 5.73 Å². The summed E-state index contributed by atoms with van der Waals surface area (Å²) in [5.74, 6) is 3.48. The van der Waals surface area contributed by atoms with Gasteiger partial charge in [-0.05, 0) is 12.8 Å². The molecule has 2 aliphatic rings. The molecule has 2 heterocycles. The molecule has 3 rings (SSSR count). The third-order valence-corrected chi connectivity index (χ3v) is 4.76. The van der Waals surface area contributed by atoms with Gasteiger partial charge in [0.2, 0.25) is 0 Å². The number of aryl methyl sites for hydroxylation is 1. The van der Waals surface area contributed by atoms with E-state index < -0.39 is 0 Å². The minimum atomic E-state index is -0.132. The van der Waals surface area contributed by atoms with E-state index in [4.69, 9.17) is 10.7 Å². The Labute approximate surface area is 101 Å². The molecule has 4 heteroatoms. The normalized spacial score (nSPS) is 24.1. The highest BCUT2D eigenvalue weighted by Gasteiger charge is 2.32. The Morgan fingerprint density at radius 3 is 2.88 bits per heavy atom. The molecule has 1 aromatic heterocycles. The first kappa shape index (κ1) is 10.7. The molecule has 0 spiro atoms. The highest BCUT2D eigenvalue weighted by atomic mass is 32.2. The van der Waals surface area contributed by atoms with Crippen molar-refractivity contribution < 1.29 is 0 Å². The Bertz CT molecular complexity index is 356. The number of imidazole rings is 1. The van der Waals surface area contributed by atoms with E-state index in [2.05, 4.69) is 10.8 Å². The molecule has 0 saturated heterocycles. The maximum Gasteiger partial charge on any atom is 0.119 e. The molecule has 0 bridgehead atoms. The van der Waals surface area contributed by atoms with E-state index in [1.54, 1.807) is 0 Å². The molecule has 1 fully saturated rings. The van der Waals surface area contributed by atoms with Crippen molar-refractivity contribution in [2.45, 2.75) is 49.9 Å². The molecule has 0 unspecified atom stereocenters. The van der Waals surface area contributed by atoms with E-state index >= 15 is 0 Å². The Morgan fingerprint density at radius 2 is 2.12 bits per heavy atom. The smallest absolute Gasteiger partial charge is 0.119 e. The van der Waals surface area contributed by atoms with Crippen molar-refractivity contribution in [3.63, 3.8) is 0 Å². The molecule has 3 nitrogen and oxygen atoms in total. The fourth-order valence-electron chi connectivity index (χ4n) is 2.77. The Hall–Kier alpha value is -0.480. The number of aromatic nitrogens is 2. The summed E-state index contributed by atoms with van der Waals surface area (Å²) in [6.45, 7) is 1.10. The number of rotatable bonds is 1. The molecule has 0 aromatic carbocycles. The molecule has 88 valence electrons. The van der Waals surface area contributed by atoms with Crippen LogP contribution in [0.4, 0.5) is 0 Å². The van der Waals surface area contributed by atoms with Gasteiger partial charge in [0, 0.05) is 18.5 Å². The summed E-state index contributed by atoms with van der Waals surface area (Å²) in [5, 5.41) is 0. The average molecular weight is 237 g/mol. The third kappa shape index (κ3) is 1.78. The number of fused-ring (bicyclic) bond motifs is 1. The lowest BCUT2D eigenvalue weighted by molar-refractivity contribution is 0.295. The number of nitrogens with zero attached hydrogens (tertiary/aromatic N) is 2. The third-order valence-electron chi connectivity index (χ3n) is 3.82. The van der Waals surface area contributed by atoms with Gasteiger partial charge >= 0.3 is 0 Å². The summed E-state index contributed by atoms with van der Waals surface area (Å²) in [4.78, 5) is 4.76. The van der Waals surface area contributed by atoms with Gasteiger partial charge in [-0.3, -0.25) is 0 Å². The second kappa shape index (κ2) is 4.08. The minimum absolute atomic E-state index is 0.132. The van der Waals surface area contributed by atoms with Crippen LogP contribution in [0, 0.1) is 0 Å². The zero-order valence-corrected chi connectivity index (χ0v) is 10.4. The topological polar surface area (TPSA) is 43.8 Å². The summed E-state index contributed by atoms with van der Waals surface area (Å²) >= 11 is 1.97. The van der Waals surface area contributed by atoms with Gasteiger partial charge in [0.1, 0.15) is 5.82 Å². The Kier molecular flexibility index (Phi) is 2.72. The fraction of sp³-hybridized carbons (Fsp3) is 0.750. The number of hydrogen-bond acceptors (Lipinski definition) is 3. The average Bonchev–Trinajstić information content (AvgIpc) is 2.74. The predicted octanol–water partition coefficient (Wildman–Crippen LogP) is 2.25. The van der Waals surface area contributed by atoms with Crippen LogP contribution in [0.15, 0.2) is 6.20 Å². The van der Waals surface area contributed by atoms with Crippen molar-refractivity contribution in [1.82, 2.24) is 9.55 Å². The molecule has 1 aliphatic heterocycles. The SMILES string of the molecule is NC1(c2cn3c(n2)CSCC3)CCCCC1. The van der Waals surface area contributed by atoms with Crippen LogP contribution in [0.25, 0.3) is 0 Å². The molecule has 1 aliphatic carbocycles. The van der Waals surface area contributed by atoms with Crippen molar-refractivity contribution >= 4 is 11.8 Å². The van der Waals surface area contributed by atoms with Crippen molar-refractivity contribution in [3.05, 3.63) is 17.7 Å². The molecule has 2 N–H and O–H groups in total. The van der Waals surface area contributed by atoms with E-state index in [1.807, 2.05) is 11.8 Å². The maximum absolute atomic E-state index is 6.51. The van der Waals surface area contributed by atoms with Crippen LogP contribution >= 0.6 is 11.8 Å². The van der Waals surface area contributed by atoms with E-state index in [0.717, 1.165) is 30.8 Å². The Morgan fingerprint density at radius 1 is 1.31 bits per heavy atom. The molecule has 0 radical (unpaired) electrons. The van der Waals surface area contributed by atoms with Gasteiger partial charge in [-0.1, -0.05) is 19.3 Å². The molecule has 0 atom stereocenters. The van der Waals surface area contributed by atoms with Gasteiger partial charge in [-0.25, -0.2) is 4.98 Å². The lowest BCUT2D eigenvalue weighted by atomic mass is 9.80. The van der Waals surface area contributed by atoms with Gasteiger partial charge in [-0.15, -0.1) is 0 Å². The van der Waals surface area contributed by atoms with Crippen molar-refractivity contribution in [3.8, 4) is 0 Å². The first-order chi connectivity index (χ1) is 7.78. The van der Waals surface area contributed by atoms with Crippen molar-refractivity contribution in [1.29, 1.82) is 0 Å². The standard InChI is InChI=1S/C12H19N3S/c13-12(4-2-1-3-5-12)10-8-15-6-7-16-9-11(15)14-10/h8H,1-7,9,13H2. The molecule has 16 heavy (non-hydrogen) atoms. The van der Waals surface area contributed by atoms with E-state index in [1.165, 1.54) is 30.8 Å². The molecule has 1 aromatic rings. The summed E-state index contributed by atoms with van der Waals surface area (Å²) in [7, 11) is 0. The van der Waals surface area contributed by atoms with Gasteiger partial charge in [0.15, 0.2) is 0 Å². The highest BCUT2D eigenvalue weighted by molar-refractivity contribution is 7.98. The molecular formula is C12H19N3S. The van der Waals surface area contributed by atoms with E-state index in [0.29, 0.717) is 0 Å². The summed E-state index contributed by atoms with van der Waals surface area (Å²) in [5.41, 5.74) is 7.52. The van der Waals surface area contributed by atoms with Crippen LogP contribution in [0.5, 0.6) is 0 Å². The second-order valence-corrected chi connectivity index (χ2v) is 6.11. The van der Waals surface area contributed by atoms with Crippen LogP contribution in [-0.2, 0) is 17.8 Å². The van der Waals surface area contributed by atoms with Crippen LogP contribution in [0.2, 0.25) is 0 Å². The summed E-state index contributed by atoms with van der Waals surface area (Å²) in [6, 6.07) is 0. The lowest BCUT2D eigenvalue weighted by Crippen LogP contribution is -2.39. The second-order valence-electron chi connectivity index (χ2n) is 5.01. The Balaban J connectivity index is 1.90. The van der Waals surface area contributed by atoms with Crippen molar-refractivity contribution in [2.75, 3.05) is 5.75 Å². The predicted molar refractivity (Wildman–Crippen MR) is 67.3 cm³/mol. The quantitative estimate of drug-likeness (QED) is 0.814. The van der Waals surface area contributed by atoms with Crippen LogP contribution in [-0.4, -0.2) is 15.3 Å². The highest BCUT2D eigenvalue weighted by Crippen LogP contribution is 2.35. The fourth-order valence-corrected chi connectivity index (χ4v) is 3.65. The number of thioether (sulfide) groups is 1. The lowest BCUT2D eigenvalue weighted by Gasteiger charge is -2.31. The van der Waals surface area contributed by atoms with Gasteiger partial charge in [0.25, 0.3) is 0 Å². The number of hydrogen-bond donors (Lipinski definition) is 1. The van der Waals surface area contributed by atoms with Crippen LogP contribution in [0.3, 0.4) is 0 Å². The van der Waals surface area contributed by atoms with E-state index in [9.17, 15) is 0 Å². The summed E-state index contributed by atoms with van der Waals surface area (Å²) < 4.78 is 2.30. The van der Waals surface area contributed by atoms with Crippen LogP contribution < -0.4 is 5.73 Å². The zero-order chi connectivity index (χ0) is 11.0. The van der Waals surface area contributed by atoms with Gasteiger partial charge < -0.3 is 10.3 Å². The number of nitrogens with two attached hydrogens (primary N) is 1. The summed E-state index contributed by atoms with van der Waals surface area (Å²) in [6.07, 6.45) is 8.27. The van der Waals surface area contributed by atoms with Gasteiger partial charge in [-0.2, -0.15) is 11.8 Å². The first-order valence-corrected chi connectivity index (χ1v) is 7.37.